The van der Waals surface area contributed by atoms with Crippen molar-refractivity contribution in [1.82, 2.24) is 5.32 Å². The summed E-state index contributed by atoms with van der Waals surface area (Å²) in [6.45, 7) is 6.73. The van der Waals surface area contributed by atoms with Crippen LogP contribution in [0.15, 0.2) is 24.3 Å². The van der Waals surface area contributed by atoms with Crippen molar-refractivity contribution in [1.29, 1.82) is 0 Å². The maximum atomic E-state index is 3.44. The molecule has 0 radical (unpaired) electrons. The Morgan fingerprint density at radius 1 is 1.38 bits per heavy atom. The largest absolute Gasteiger partial charge is 0.315 e. The monoisotopic (exact) mass is 235 g/mol. The Morgan fingerprint density at radius 2 is 2.19 bits per heavy atom. The molecule has 1 heterocycles. The van der Waals surface area contributed by atoms with E-state index in [-0.39, 0.29) is 0 Å². The maximum Gasteiger partial charge on any atom is 0.0210 e. The van der Waals surface area contributed by atoms with E-state index < -0.39 is 0 Å². The number of benzene rings is 1. The molecule has 1 aromatic carbocycles. The number of rotatable bonds is 5. The lowest BCUT2D eigenvalue weighted by Gasteiger charge is -2.43. The number of hydrogen-bond donors (Lipinski definition) is 1. The summed E-state index contributed by atoms with van der Waals surface area (Å²) in [5, 5.41) is 3.44. The second kappa shape index (κ2) is 5.24. The van der Waals surface area contributed by atoms with Crippen LogP contribution in [0.2, 0.25) is 0 Å². The van der Waals surface area contributed by atoms with E-state index in [9.17, 15) is 0 Å². The molecule has 0 amide bonds. The molecule has 0 bridgehead atoms. The normalized spacial score (nSPS) is 18.1. The standard InChI is InChI=1S/C14H21NS/c1-3-16-8-7-14(10-15-11-14)13-6-4-5-12(2)9-13/h4-6,9,15H,3,7-8,10-11H2,1-2H3. The summed E-state index contributed by atoms with van der Waals surface area (Å²) in [4.78, 5) is 0. The van der Waals surface area contributed by atoms with Crippen molar-refractivity contribution in [3.8, 4) is 0 Å². The Morgan fingerprint density at radius 3 is 2.75 bits per heavy atom. The van der Waals surface area contributed by atoms with E-state index >= 15 is 0 Å². The van der Waals surface area contributed by atoms with Crippen molar-refractivity contribution in [2.75, 3.05) is 24.6 Å². The molecule has 1 saturated heterocycles. The van der Waals surface area contributed by atoms with Crippen LogP contribution in [0, 0.1) is 6.92 Å². The van der Waals surface area contributed by atoms with Gasteiger partial charge in [-0.25, -0.2) is 0 Å². The second-order valence-electron chi connectivity index (χ2n) is 4.70. The highest BCUT2D eigenvalue weighted by molar-refractivity contribution is 7.99. The third-order valence-electron chi connectivity index (χ3n) is 3.49. The zero-order valence-electron chi connectivity index (χ0n) is 10.3. The van der Waals surface area contributed by atoms with E-state index in [2.05, 4.69) is 55.2 Å². The van der Waals surface area contributed by atoms with Gasteiger partial charge in [0.05, 0.1) is 0 Å². The van der Waals surface area contributed by atoms with Gasteiger partial charge in [0.1, 0.15) is 0 Å². The summed E-state index contributed by atoms with van der Waals surface area (Å²) in [5.41, 5.74) is 3.34. The van der Waals surface area contributed by atoms with Crippen molar-refractivity contribution >= 4 is 11.8 Å². The van der Waals surface area contributed by atoms with Gasteiger partial charge in [0.15, 0.2) is 0 Å². The first-order valence-corrected chi connectivity index (χ1v) is 7.28. The SMILES string of the molecule is CCSCCC1(c2cccc(C)c2)CNC1. The van der Waals surface area contributed by atoms with Crippen LogP contribution in [0.1, 0.15) is 24.5 Å². The molecular formula is C14H21NS. The van der Waals surface area contributed by atoms with Crippen LogP contribution < -0.4 is 5.32 Å². The molecule has 1 fully saturated rings. The minimum absolute atomic E-state index is 0.425. The van der Waals surface area contributed by atoms with Crippen LogP contribution in [-0.2, 0) is 5.41 Å². The molecule has 0 atom stereocenters. The fourth-order valence-corrected chi connectivity index (χ4v) is 3.16. The highest BCUT2D eigenvalue weighted by atomic mass is 32.2. The molecule has 0 saturated carbocycles. The van der Waals surface area contributed by atoms with Gasteiger partial charge in [-0.2, -0.15) is 11.8 Å². The van der Waals surface area contributed by atoms with Crippen LogP contribution in [0.3, 0.4) is 0 Å². The Bertz CT molecular complexity index is 344. The lowest BCUT2D eigenvalue weighted by molar-refractivity contribution is 0.269. The molecule has 1 aliphatic rings. The molecule has 1 N–H and O–H groups in total. The van der Waals surface area contributed by atoms with Gasteiger partial charge in [0.2, 0.25) is 0 Å². The van der Waals surface area contributed by atoms with Gasteiger partial charge in [-0.3, -0.25) is 0 Å². The molecule has 1 aliphatic heterocycles. The number of hydrogen-bond acceptors (Lipinski definition) is 2. The third-order valence-corrected chi connectivity index (χ3v) is 4.39. The summed E-state index contributed by atoms with van der Waals surface area (Å²) in [6.07, 6.45) is 1.31. The first-order chi connectivity index (χ1) is 7.77. The molecule has 1 nitrogen and oxygen atoms in total. The second-order valence-corrected chi connectivity index (χ2v) is 6.09. The molecule has 88 valence electrons. The minimum atomic E-state index is 0.425. The lowest BCUT2D eigenvalue weighted by atomic mass is 9.73. The van der Waals surface area contributed by atoms with Gasteiger partial charge >= 0.3 is 0 Å². The Balaban J connectivity index is 2.08. The highest BCUT2D eigenvalue weighted by Gasteiger charge is 2.37. The van der Waals surface area contributed by atoms with E-state index in [1.54, 1.807) is 0 Å². The molecule has 0 spiro atoms. The highest BCUT2D eigenvalue weighted by Crippen LogP contribution is 2.33. The van der Waals surface area contributed by atoms with Gasteiger partial charge in [-0.15, -0.1) is 0 Å². The van der Waals surface area contributed by atoms with Gasteiger partial charge in [0.25, 0.3) is 0 Å². The van der Waals surface area contributed by atoms with Crippen molar-refractivity contribution in [3.05, 3.63) is 35.4 Å². The topological polar surface area (TPSA) is 12.0 Å². The average Bonchev–Trinajstić information content (AvgIpc) is 2.22. The van der Waals surface area contributed by atoms with E-state index in [1.807, 2.05) is 0 Å². The Hall–Kier alpha value is -0.470. The average molecular weight is 235 g/mol. The summed E-state index contributed by atoms with van der Waals surface area (Å²) in [7, 11) is 0. The molecule has 16 heavy (non-hydrogen) atoms. The van der Waals surface area contributed by atoms with Gasteiger partial charge < -0.3 is 5.32 Å². The van der Waals surface area contributed by atoms with Crippen LogP contribution >= 0.6 is 11.8 Å². The minimum Gasteiger partial charge on any atom is -0.315 e. The molecule has 2 rings (SSSR count). The fourth-order valence-electron chi connectivity index (χ4n) is 2.34. The van der Waals surface area contributed by atoms with E-state index in [1.165, 1.54) is 29.1 Å². The van der Waals surface area contributed by atoms with Crippen molar-refractivity contribution in [2.24, 2.45) is 0 Å². The first kappa shape index (κ1) is 12.0. The van der Waals surface area contributed by atoms with E-state index in [4.69, 9.17) is 0 Å². The van der Waals surface area contributed by atoms with Crippen LogP contribution in [-0.4, -0.2) is 24.6 Å². The van der Waals surface area contributed by atoms with Gasteiger partial charge in [-0.05, 0) is 30.4 Å². The third kappa shape index (κ3) is 2.44. The Kier molecular flexibility index (Phi) is 3.93. The smallest absolute Gasteiger partial charge is 0.0210 e. The zero-order chi connectivity index (χ0) is 11.4. The molecule has 2 heteroatoms. The van der Waals surface area contributed by atoms with Crippen LogP contribution in [0.5, 0.6) is 0 Å². The fraction of sp³-hybridized carbons (Fsp3) is 0.571. The number of aryl methyl sites for hydroxylation is 1. The lowest BCUT2D eigenvalue weighted by Crippen LogP contribution is -2.57. The molecule has 0 aromatic heterocycles. The quantitative estimate of drug-likeness (QED) is 0.788. The van der Waals surface area contributed by atoms with Crippen molar-refractivity contribution in [2.45, 2.75) is 25.7 Å². The van der Waals surface area contributed by atoms with E-state index in [0.717, 1.165) is 13.1 Å². The van der Waals surface area contributed by atoms with Gasteiger partial charge in [-0.1, -0.05) is 36.8 Å². The summed E-state index contributed by atoms with van der Waals surface area (Å²) in [5.74, 6) is 2.52. The van der Waals surface area contributed by atoms with Crippen LogP contribution in [0.25, 0.3) is 0 Å². The molecule has 0 aliphatic carbocycles. The van der Waals surface area contributed by atoms with Gasteiger partial charge in [0, 0.05) is 18.5 Å². The zero-order valence-corrected chi connectivity index (χ0v) is 11.1. The predicted molar refractivity (Wildman–Crippen MR) is 73.3 cm³/mol. The summed E-state index contributed by atoms with van der Waals surface area (Å²) < 4.78 is 0. The summed E-state index contributed by atoms with van der Waals surface area (Å²) in [6, 6.07) is 9.03. The number of nitrogens with one attached hydrogen (secondary N) is 1. The summed E-state index contributed by atoms with van der Waals surface area (Å²) >= 11 is 2.06. The predicted octanol–water partition coefficient (Wildman–Crippen LogP) is 2.98. The van der Waals surface area contributed by atoms with E-state index in [0.29, 0.717) is 5.41 Å². The van der Waals surface area contributed by atoms with Crippen molar-refractivity contribution in [3.63, 3.8) is 0 Å². The molecule has 1 aromatic rings. The molecule has 0 unspecified atom stereocenters. The first-order valence-electron chi connectivity index (χ1n) is 6.12. The molecular weight excluding hydrogens is 214 g/mol. The van der Waals surface area contributed by atoms with Crippen molar-refractivity contribution < 1.29 is 0 Å². The maximum absolute atomic E-state index is 3.44. The number of thioether (sulfide) groups is 1. The Labute approximate surface area is 103 Å². The van der Waals surface area contributed by atoms with Crippen LogP contribution in [0.4, 0.5) is 0 Å².